The van der Waals surface area contributed by atoms with E-state index in [0.29, 0.717) is 0 Å². The Balaban J connectivity index is 1.78. The van der Waals surface area contributed by atoms with Gasteiger partial charge in [0.25, 0.3) is 0 Å². The quantitative estimate of drug-likeness (QED) is 0.674. The lowest BCUT2D eigenvalue weighted by Crippen LogP contribution is -2.04. The Morgan fingerprint density at radius 2 is 1.68 bits per heavy atom. The van der Waals surface area contributed by atoms with E-state index in [0.717, 1.165) is 24.2 Å². The summed E-state index contributed by atoms with van der Waals surface area (Å²) < 4.78 is 39.9. The van der Waals surface area contributed by atoms with Gasteiger partial charge in [-0.2, -0.15) is 10.1 Å². The van der Waals surface area contributed by atoms with Gasteiger partial charge in [-0.3, -0.25) is 0 Å². The molecule has 0 radical (unpaired) electrons. The van der Waals surface area contributed by atoms with Crippen molar-refractivity contribution in [3.8, 4) is 0 Å². The smallest absolute Gasteiger partial charge is 0.249 e. The van der Waals surface area contributed by atoms with Crippen LogP contribution >= 0.6 is 0 Å². The Kier molecular flexibility index (Phi) is 4.78. The van der Waals surface area contributed by atoms with E-state index in [-0.39, 0.29) is 17.5 Å². The van der Waals surface area contributed by atoms with Crippen molar-refractivity contribution in [3.63, 3.8) is 0 Å². The zero-order valence-electron chi connectivity index (χ0n) is 13.2. The second-order valence-corrected chi connectivity index (χ2v) is 5.19. The van der Waals surface area contributed by atoms with Crippen LogP contribution in [0.15, 0.2) is 42.6 Å². The number of benzene rings is 2. The van der Waals surface area contributed by atoms with Crippen LogP contribution in [0.25, 0.3) is 0 Å². The molecule has 0 amide bonds. The monoisotopic (exact) mass is 345 g/mol. The molecule has 25 heavy (non-hydrogen) atoms. The van der Waals surface area contributed by atoms with Gasteiger partial charge in [0.1, 0.15) is 0 Å². The van der Waals surface area contributed by atoms with Gasteiger partial charge < -0.3 is 10.6 Å². The van der Waals surface area contributed by atoms with Gasteiger partial charge >= 0.3 is 0 Å². The van der Waals surface area contributed by atoms with E-state index in [4.69, 9.17) is 0 Å². The standard InChI is InChI=1S/C17H14F3N5/c1-2-10-3-5-11(6-4-10)22-17-24-14(9-21-25-17)23-13-8-7-12(18)15(19)16(13)20/h3-9H,2H2,1H3,(H2,22,23,24,25). The Labute approximate surface area is 141 Å². The van der Waals surface area contributed by atoms with Crippen molar-refractivity contribution < 1.29 is 13.2 Å². The molecule has 1 aromatic heterocycles. The number of aromatic nitrogens is 3. The summed E-state index contributed by atoms with van der Waals surface area (Å²) in [4.78, 5) is 4.12. The lowest BCUT2D eigenvalue weighted by Gasteiger charge is -2.09. The third-order valence-electron chi connectivity index (χ3n) is 3.48. The molecular formula is C17H14F3N5. The first-order valence-electron chi connectivity index (χ1n) is 7.53. The first-order chi connectivity index (χ1) is 12.1. The highest BCUT2D eigenvalue weighted by Gasteiger charge is 2.14. The lowest BCUT2D eigenvalue weighted by molar-refractivity contribution is 0.449. The third kappa shape index (κ3) is 3.85. The van der Waals surface area contributed by atoms with Crippen LogP contribution in [-0.4, -0.2) is 15.2 Å². The molecule has 5 nitrogen and oxygen atoms in total. The molecule has 2 aromatic carbocycles. The number of anilines is 4. The predicted molar refractivity (Wildman–Crippen MR) is 88.5 cm³/mol. The van der Waals surface area contributed by atoms with Gasteiger partial charge in [0.05, 0.1) is 11.9 Å². The van der Waals surface area contributed by atoms with E-state index in [9.17, 15) is 13.2 Å². The number of nitrogens with one attached hydrogen (secondary N) is 2. The van der Waals surface area contributed by atoms with Gasteiger partial charge in [-0.15, -0.1) is 5.10 Å². The maximum atomic E-state index is 13.7. The molecule has 0 aliphatic heterocycles. The first kappa shape index (κ1) is 16.7. The Bertz CT molecular complexity index is 884. The Hall–Kier alpha value is -3.16. The molecule has 0 saturated heterocycles. The maximum Gasteiger partial charge on any atom is 0.249 e. The summed E-state index contributed by atoms with van der Waals surface area (Å²) in [6.07, 6.45) is 2.17. The highest BCUT2D eigenvalue weighted by Crippen LogP contribution is 2.23. The molecule has 0 atom stereocenters. The van der Waals surface area contributed by atoms with Gasteiger partial charge in [-0.25, -0.2) is 13.2 Å². The molecule has 3 rings (SSSR count). The SMILES string of the molecule is CCc1ccc(Nc2nncc(Nc3ccc(F)c(F)c3F)n2)cc1. The second kappa shape index (κ2) is 7.16. The van der Waals surface area contributed by atoms with E-state index in [2.05, 4.69) is 32.7 Å². The summed E-state index contributed by atoms with van der Waals surface area (Å²) >= 11 is 0. The number of halogens is 3. The molecule has 128 valence electrons. The fraction of sp³-hybridized carbons (Fsp3) is 0.118. The van der Waals surface area contributed by atoms with E-state index >= 15 is 0 Å². The number of aryl methyl sites for hydroxylation is 1. The summed E-state index contributed by atoms with van der Waals surface area (Å²) in [6, 6.07) is 9.58. The minimum absolute atomic E-state index is 0.132. The lowest BCUT2D eigenvalue weighted by atomic mass is 10.1. The van der Waals surface area contributed by atoms with Gasteiger partial charge in [-0.05, 0) is 36.2 Å². The molecule has 8 heteroatoms. The van der Waals surface area contributed by atoms with Crippen LogP contribution in [0.3, 0.4) is 0 Å². The minimum atomic E-state index is -1.55. The highest BCUT2D eigenvalue weighted by atomic mass is 19.2. The number of hydrogen-bond donors (Lipinski definition) is 2. The molecule has 3 aromatic rings. The largest absolute Gasteiger partial charge is 0.336 e. The van der Waals surface area contributed by atoms with E-state index in [1.54, 1.807) is 0 Å². The maximum absolute atomic E-state index is 13.7. The van der Waals surface area contributed by atoms with Crippen molar-refractivity contribution >= 4 is 23.1 Å². The fourth-order valence-electron chi connectivity index (χ4n) is 2.13. The van der Waals surface area contributed by atoms with Crippen LogP contribution < -0.4 is 10.6 Å². The van der Waals surface area contributed by atoms with E-state index in [1.165, 1.54) is 11.8 Å². The average Bonchev–Trinajstić information content (AvgIpc) is 2.63. The summed E-state index contributed by atoms with van der Waals surface area (Å²) in [5.74, 6) is -3.84. The zero-order chi connectivity index (χ0) is 17.8. The molecule has 0 bridgehead atoms. The van der Waals surface area contributed by atoms with Crippen molar-refractivity contribution in [1.29, 1.82) is 0 Å². The summed E-state index contributed by atoms with van der Waals surface area (Å²) in [7, 11) is 0. The molecular weight excluding hydrogens is 331 g/mol. The average molecular weight is 345 g/mol. The van der Waals surface area contributed by atoms with Crippen LogP contribution in [0.5, 0.6) is 0 Å². The topological polar surface area (TPSA) is 62.7 Å². The molecule has 0 spiro atoms. The van der Waals surface area contributed by atoms with Crippen LogP contribution in [0, 0.1) is 17.5 Å². The molecule has 0 fully saturated rings. The molecule has 2 N–H and O–H groups in total. The summed E-state index contributed by atoms with van der Waals surface area (Å²) in [5.41, 5.74) is 1.70. The van der Waals surface area contributed by atoms with E-state index < -0.39 is 17.5 Å². The normalized spacial score (nSPS) is 10.6. The van der Waals surface area contributed by atoms with Crippen LogP contribution in [0.2, 0.25) is 0 Å². The number of rotatable bonds is 5. The number of hydrogen-bond acceptors (Lipinski definition) is 5. The predicted octanol–water partition coefficient (Wildman–Crippen LogP) is 4.34. The fourth-order valence-corrected chi connectivity index (χ4v) is 2.13. The minimum Gasteiger partial charge on any atom is -0.336 e. The van der Waals surface area contributed by atoms with Crippen molar-refractivity contribution in [2.75, 3.05) is 10.6 Å². The van der Waals surface area contributed by atoms with Gasteiger partial charge in [0.2, 0.25) is 5.95 Å². The van der Waals surface area contributed by atoms with Crippen LogP contribution in [-0.2, 0) is 6.42 Å². The molecule has 0 saturated carbocycles. The molecule has 1 heterocycles. The molecule has 0 aliphatic rings. The number of nitrogens with zero attached hydrogens (tertiary/aromatic N) is 3. The Morgan fingerprint density at radius 3 is 2.40 bits per heavy atom. The van der Waals surface area contributed by atoms with Crippen molar-refractivity contribution in [2.24, 2.45) is 0 Å². The van der Waals surface area contributed by atoms with Crippen molar-refractivity contribution in [2.45, 2.75) is 13.3 Å². The highest BCUT2D eigenvalue weighted by molar-refractivity contribution is 5.59. The van der Waals surface area contributed by atoms with Crippen molar-refractivity contribution in [1.82, 2.24) is 15.2 Å². The van der Waals surface area contributed by atoms with E-state index in [1.807, 2.05) is 24.3 Å². The van der Waals surface area contributed by atoms with Crippen LogP contribution in [0.4, 0.5) is 36.3 Å². The summed E-state index contributed by atoms with van der Waals surface area (Å²) in [6.45, 7) is 2.06. The van der Waals surface area contributed by atoms with Gasteiger partial charge in [0.15, 0.2) is 23.3 Å². The van der Waals surface area contributed by atoms with Crippen molar-refractivity contribution in [3.05, 3.63) is 65.6 Å². The Morgan fingerprint density at radius 1 is 0.920 bits per heavy atom. The molecule has 0 aliphatic carbocycles. The third-order valence-corrected chi connectivity index (χ3v) is 3.48. The first-order valence-corrected chi connectivity index (χ1v) is 7.53. The zero-order valence-corrected chi connectivity index (χ0v) is 13.2. The van der Waals surface area contributed by atoms with Crippen LogP contribution in [0.1, 0.15) is 12.5 Å². The molecule has 0 unspecified atom stereocenters. The van der Waals surface area contributed by atoms with Gasteiger partial charge in [0, 0.05) is 5.69 Å². The summed E-state index contributed by atoms with van der Waals surface area (Å²) in [5, 5.41) is 13.1. The van der Waals surface area contributed by atoms with Gasteiger partial charge in [-0.1, -0.05) is 19.1 Å². The second-order valence-electron chi connectivity index (χ2n) is 5.19.